The first-order chi connectivity index (χ1) is 10.3. The summed E-state index contributed by atoms with van der Waals surface area (Å²) in [6.07, 6.45) is 4.68. The number of nitrogens with zero attached hydrogens (tertiary/aromatic N) is 2. The molecule has 1 N–H and O–H groups in total. The fourth-order valence-electron chi connectivity index (χ4n) is 2.88. The van der Waals surface area contributed by atoms with Gasteiger partial charge in [0.1, 0.15) is 0 Å². The summed E-state index contributed by atoms with van der Waals surface area (Å²) < 4.78 is 0. The van der Waals surface area contributed by atoms with E-state index < -0.39 is 0 Å². The molecule has 0 fully saturated rings. The number of nitrogens with one attached hydrogen (secondary N) is 1. The summed E-state index contributed by atoms with van der Waals surface area (Å²) in [5.74, 6) is 0. The fraction of sp³-hybridized carbons (Fsp3) is 0.471. The van der Waals surface area contributed by atoms with Crippen molar-refractivity contribution in [2.75, 3.05) is 25.5 Å². The number of fused-ring (bicyclic) bond motifs is 1. The van der Waals surface area contributed by atoms with Gasteiger partial charge in [0, 0.05) is 24.5 Å². The summed E-state index contributed by atoms with van der Waals surface area (Å²) in [7, 11) is 4.21. The van der Waals surface area contributed by atoms with Crippen molar-refractivity contribution in [2.45, 2.75) is 31.7 Å². The first-order valence-electron chi connectivity index (χ1n) is 7.70. The third kappa shape index (κ3) is 3.27. The van der Waals surface area contributed by atoms with Crippen LogP contribution in [0.25, 0.3) is 0 Å². The van der Waals surface area contributed by atoms with Gasteiger partial charge < -0.3 is 10.2 Å². The molecule has 1 unspecified atom stereocenters. The van der Waals surface area contributed by atoms with E-state index >= 15 is 0 Å². The number of thiazole rings is 1. The third-order valence-electron chi connectivity index (χ3n) is 4.19. The molecule has 0 saturated carbocycles. The Kier molecular flexibility index (Phi) is 4.56. The monoisotopic (exact) mass is 301 g/mol. The molecule has 4 heteroatoms. The highest BCUT2D eigenvalue weighted by Crippen LogP contribution is 2.37. The van der Waals surface area contributed by atoms with E-state index in [4.69, 9.17) is 4.98 Å². The van der Waals surface area contributed by atoms with Crippen molar-refractivity contribution in [3.63, 3.8) is 0 Å². The van der Waals surface area contributed by atoms with Crippen molar-refractivity contribution in [3.05, 3.63) is 46.5 Å². The zero-order valence-electron chi connectivity index (χ0n) is 12.8. The van der Waals surface area contributed by atoms with Gasteiger partial charge >= 0.3 is 0 Å². The molecule has 0 bridgehead atoms. The number of anilines is 1. The highest BCUT2D eigenvalue weighted by atomic mass is 32.1. The molecule has 1 aromatic carbocycles. The second kappa shape index (κ2) is 6.58. The van der Waals surface area contributed by atoms with Gasteiger partial charge in [0.2, 0.25) is 0 Å². The van der Waals surface area contributed by atoms with E-state index in [9.17, 15) is 0 Å². The van der Waals surface area contributed by atoms with Crippen LogP contribution in [0.5, 0.6) is 0 Å². The molecular formula is C17H23N3S. The number of benzene rings is 1. The first kappa shape index (κ1) is 14.5. The molecule has 0 saturated heterocycles. The second-order valence-electron chi connectivity index (χ2n) is 5.70. The molecular weight excluding hydrogens is 278 g/mol. The molecule has 3 nitrogen and oxygen atoms in total. The molecule has 112 valence electrons. The van der Waals surface area contributed by atoms with Crippen LogP contribution in [0.3, 0.4) is 0 Å². The molecule has 0 aliphatic heterocycles. The van der Waals surface area contributed by atoms with E-state index in [1.165, 1.54) is 29.0 Å². The van der Waals surface area contributed by atoms with Crippen molar-refractivity contribution in [1.29, 1.82) is 0 Å². The van der Waals surface area contributed by atoms with E-state index in [1.807, 2.05) is 11.3 Å². The first-order valence-corrected chi connectivity index (χ1v) is 8.51. The summed E-state index contributed by atoms with van der Waals surface area (Å²) >= 11 is 1.86. The lowest BCUT2D eigenvalue weighted by Crippen LogP contribution is -2.20. The standard InChI is InChI=1S/C17H23N3S/c1-18-14-9-6-10-15-16(14)21-17(19-15)20(2)12-11-13-7-4-3-5-8-13/h3-5,7-8,14,18H,6,9-12H2,1-2H3. The molecule has 3 rings (SSSR count). The average molecular weight is 301 g/mol. The zero-order chi connectivity index (χ0) is 14.7. The zero-order valence-corrected chi connectivity index (χ0v) is 13.6. The van der Waals surface area contributed by atoms with Crippen LogP contribution in [0.1, 0.15) is 35.0 Å². The lowest BCUT2D eigenvalue weighted by molar-refractivity contribution is 0.501. The minimum atomic E-state index is 0.502. The van der Waals surface area contributed by atoms with Crippen molar-refractivity contribution < 1.29 is 0 Å². The SMILES string of the molecule is CNC1CCCc2nc(N(C)CCc3ccccc3)sc21. The quantitative estimate of drug-likeness (QED) is 0.917. The fourth-order valence-corrected chi connectivity index (χ4v) is 4.13. The molecule has 1 aliphatic carbocycles. The molecule has 1 heterocycles. The number of hydrogen-bond acceptors (Lipinski definition) is 4. The van der Waals surface area contributed by atoms with Gasteiger partial charge in [0.05, 0.1) is 5.69 Å². The van der Waals surface area contributed by atoms with Crippen molar-refractivity contribution >= 4 is 16.5 Å². The summed E-state index contributed by atoms with van der Waals surface area (Å²) in [5, 5.41) is 4.59. The lowest BCUT2D eigenvalue weighted by atomic mass is 9.98. The molecule has 0 amide bonds. The van der Waals surface area contributed by atoms with Crippen molar-refractivity contribution in [1.82, 2.24) is 10.3 Å². The van der Waals surface area contributed by atoms with Gasteiger partial charge in [-0.3, -0.25) is 0 Å². The average Bonchev–Trinajstić information content (AvgIpc) is 2.97. The molecule has 1 atom stereocenters. The number of aromatic nitrogens is 1. The predicted octanol–water partition coefficient (Wildman–Crippen LogP) is 3.42. The number of likely N-dealkylation sites (N-methyl/N-ethyl adjacent to an activating group) is 1. The van der Waals surface area contributed by atoms with Crippen LogP contribution in [-0.2, 0) is 12.8 Å². The molecule has 0 spiro atoms. The van der Waals surface area contributed by atoms with E-state index in [0.717, 1.165) is 24.5 Å². The molecule has 2 aromatic rings. The van der Waals surface area contributed by atoms with E-state index in [2.05, 4.69) is 54.6 Å². The van der Waals surface area contributed by atoms with Crippen LogP contribution < -0.4 is 10.2 Å². The lowest BCUT2D eigenvalue weighted by Gasteiger charge is -2.19. The molecule has 0 radical (unpaired) electrons. The highest BCUT2D eigenvalue weighted by molar-refractivity contribution is 7.15. The van der Waals surface area contributed by atoms with E-state index in [1.54, 1.807) is 0 Å². The Morgan fingerprint density at radius 2 is 2.14 bits per heavy atom. The van der Waals surface area contributed by atoms with Gasteiger partial charge in [-0.2, -0.15) is 0 Å². The van der Waals surface area contributed by atoms with Gasteiger partial charge in [0.15, 0.2) is 5.13 Å². The van der Waals surface area contributed by atoms with E-state index in [-0.39, 0.29) is 0 Å². The highest BCUT2D eigenvalue weighted by Gasteiger charge is 2.24. The maximum absolute atomic E-state index is 4.87. The summed E-state index contributed by atoms with van der Waals surface area (Å²) in [5.41, 5.74) is 2.70. The maximum Gasteiger partial charge on any atom is 0.185 e. The Labute approximate surface area is 131 Å². The number of aryl methyl sites for hydroxylation is 1. The van der Waals surface area contributed by atoms with Crippen molar-refractivity contribution in [3.8, 4) is 0 Å². The number of hydrogen-bond donors (Lipinski definition) is 1. The minimum absolute atomic E-state index is 0.502. The van der Waals surface area contributed by atoms with Gasteiger partial charge in [-0.15, -0.1) is 0 Å². The van der Waals surface area contributed by atoms with Gasteiger partial charge in [-0.1, -0.05) is 41.7 Å². The van der Waals surface area contributed by atoms with E-state index in [0.29, 0.717) is 6.04 Å². The number of rotatable bonds is 5. The van der Waals surface area contributed by atoms with Crippen LogP contribution in [-0.4, -0.2) is 25.6 Å². The largest absolute Gasteiger partial charge is 0.351 e. The minimum Gasteiger partial charge on any atom is -0.351 e. The molecule has 1 aromatic heterocycles. The summed E-state index contributed by atoms with van der Waals surface area (Å²) in [6.45, 7) is 1.01. The summed E-state index contributed by atoms with van der Waals surface area (Å²) in [6, 6.07) is 11.2. The molecule has 1 aliphatic rings. The van der Waals surface area contributed by atoms with Crippen LogP contribution in [0.4, 0.5) is 5.13 Å². The molecule has 21 heavy (non-hydrogen) atoms. The maximum atomic E-state index is 4.87. The Balaban J connectivity index is 1.68. The van der Waals surface area contributed by atoms with Crippen LogP contribution in [0, 0.1) is 0 Å². The smallest absolute Gasteiger partial charge is 0.185 e. The van der Waals surface area contributed by atoms with Crippen LogP contribution in [0.15, 0.2) is 30.3 Å². The summed E-state index contributed by atoms with van der Waals surface area (Å²) in [4.78, 5) is 8.61. The van der Waals surface area contributed by atoms with Gasteiger partial charge in [-0.05, 0) is 38.3 Å². The normalized spacial score (nSPS) is 17.5. The van der Waals surface area contributed by atoms with Crippen LogP contribution in [0.2, 0.25) is 0 Å². The Hall–Kier alpha value is -1.39. The Morgan fingerprint density at radius 1 is 1.33 bits per heavy atom. The van der Waals surface area contributed by atoms with Crippen LogP contribution >= 0.6 is 11.3 Å². The third-order valence-corrected chi connectivity index (χ3v) is 5.52. The second-order valence-corrected chi connectivity index (χ2v) is 6.71. The topological polar surface area (TPSA) is 28.2 Å². The Bertz CT molecular complexity index is 579. The van der Waals surface area contributed by atoms with Gasteiger partial charge in [0.25, 0.3) is 0 Å². The van der Waals surface area contributed by atoms with Crippen molar-refractivity contribution in [2.24, 2.45) is 0 Å². The van der Waals surface area contributed by atoms with Gasteiger partial charge in [-0.25, -0.2) is 4.98 Å². The Morgan fingerprint density at radius 3 is 2.90 bits per heavy atom. The predicted molar refractivity (Wildman–Crippen MR) is 90.3 cm³/mol.